The first-order valence-corrected chi connectivity index (χ1v) is 13.1. The van der Waals surface area contributed by atoms with Crippen molar-refractivity contribution in [1.82, 2.24) is 4.90 Å². The highest BCUT2D eigenvalue weighted by Crippen LogP contribution is 2.47. The number of benzene rings is 3. The van der Waals surface area contributed by atoms with Crippen LogP contribution in [0.1, 0.15) is 60.6 Å². The van der Waals surface area contributed by atoms with Crippen molar-refractivity contribution in [3.63, 3.8) is 0 Å². The third-order valence-electron chi connectivity index (χ3n) is 7.43. The maximum Gasteiger partial charge on any atom is 0.123 e. The molecule has 1 fully saturated rings. The molecule has 184 valence electrons. The third kappa shape index (κ3) is 5.82. The maximum absolute atomic E-state index is 6.20. The summed E-state index contributed by atoms with van der Waals surface area (Å²) in [6, 6.07) is 25.5. The highest BCUT2D eigenvalue weighted by Gasteiger charge is 2.33. The van der Waals surface area contributed by atoms with Crippen LogP contribution in [0.5, 0.6) is 17.2 Å². The second kappa shape index (κ2) is 11.6. The van der Waals surface area contributed by atoms with Gasteiger partial charge in [-0.2, -0.15) is 0 Å². The molecule has 4 nitrogen and oxygen atoms in total. The molecule has 0 bridgehead atoms. The number of ether oxygens (including phenoxy) is 3. The lowest BCUT2D eigenvalue weighted by molar-refractivity contribution is 0.239. The summed E-state index contributed by atoms with van der Waals surface area (Å²) in [6.45, 7) is 5.04. The lowest BCUT2D eigenvalue weighted by Crippen LogP contribution is -2.26. The molecule has 2 unspecified atom stereocenters. The molecule has 0 radical (unpaired) electrons. The lowest BCUT2D eigenvalue weighted by atomic mass is 9.76. The summed E-state index contributed by atoms with van der Waals surface area (Å²) in [5.74, 6) is 3.16. The molecule has 0 aromatic heterocycles. The van der Waals surface area contributed by atoms with E-state index in [1.165, 1.54) is 55.5 Å². The number of rotatable bonds is 8. The van der Waals surface area contributed by atoms with Crippen molar-refractivity contribution in [3.8, 4) is 17.2 Å². The second-order valence-corrected chi connectivity index (χ2v) is 9.74. The predicted molar refractivity (Wildman–Crippen MR) is 141 cm³/mol. The molecule has 0 aliphatic carbocycles. The number of hydrogen-bond acceptors (Lipinski definition) is 4. The predicted octanol–water partition coefficient (Wildman–Crippen LogP) is 6.65. The molecule has 1 saturated heterocycles. The first kappa shape index (κ1) is 23.7. The average molecular weight is 472 g/mol. The Labute approximate surface area is 209 Å². The van der Waals surface area contributed by atoms with E-state index in [4.69, 9.17) is 14.2 Å². The van der Waals surface area contributed by atoms with Gasteiger partial charge in [-0.05, 0) is 73.8 Å². The Morgan fingerprint density at radius 3 is 2.31 bits per heavy atom. The molecule has 2 aliphatic rings. The zero-order chi connectivity index (χ0) is 23.9. The van der Waals surface area contributed by atoms with Gasteiger partial charge in [-0.25, -0.2) is 0 Å². The van der Waals surface area contributed by atoms with Crippen LogP contribution in [0.2, 0.25) is 0 Å². The molecule has 2 aliphatic heterocycles. The number of nitrogens with zero attached hydrogens (tertiary/aromatic N) is 1. The summed E-state index contributed by atoms with van der Waals surface area (Å²) in [4.78, 5) is 2.60. The van der Waals surface area contributed by atoms with Crippen molar-refractivity contribution < 1.29 is 14.2 Å². The fourth-order valence-electron chi connectivity index (χ4n) is 5.53. The van der Waals surface area contributed by atoms with Crippen molar-refractivity contribution >= 4 is 0 Å². The van der Waals surface area contributed by atoms with Crippen molar-refractivity contribution in [1.29, 1.82) is 0 Å². The van der Waals surface area contributed by atoms with Gasteiger partial charge in [0.1, 0.15) is 17.2 Å². The minimum Gasteiger partial charge on any atom is -0.497 e. The molecule has 3 aromatic carbocycles. The normalized spacial score (nSPS) is 20.4. The maximum atomic E-state index is 6.20. The van der Waals surface area contributed by atoms with Crippen LogP contribution in [0, 0.1) is 0 Å². The minimum absolute atomic E-state index is 0.188. The Balaban J connectivity index is 1.30. The molecule has 2 atom stereocenters. The standard InChI is InChI=1S/C31H37NO3/c1-33-27-16-17-30-28(22-27)31(29(23-35-30)24-10-5-4-6-11-24)25-12-14-26(15-13-25)34-21-9-20-32-18-7-2-3-8-19-32/h4-6,10-17,22,29,31H,2-3,7-9,18-21,23H2,1H3. The Bertz CT molecular complexity index is 1060. The van der Waals surface area contributed by atoms with Crippen LogP contribution in [0.25, 0.3) is 0 Å². The van der Waals surface area contributed by atoms with Crippen LogP contribution < -0.4 is 14.2 Å². The van der Waals surface area contributed by atoms with Gasteiger partial charge in [0, 0.05) is 23.9 Å². The molecule has 0 spiro atoms. The first-order chi connectivity index (χ1) is 17.3. The van der Waals surface area contributed by atoms with Crippen LogP contribution in [0.15, 0.2) is 72.8 Å². The van der Waals surface area contributed by atoms with Gasteiger partial charge in [0.15, 0.2) is 0 Å². The fraction of sp³-hybridized carbons (Fsp3) is 0.419. The summed E-state index contributed by atoms with van der Waals surface area (Å²) in [5.41, 5.74) is 3.74. The smallest absolute Gasteiger partial charge is 0.123 e. The van der Waals surface area contributed by atoms with Crippen molar-refractivity contribution in [2.75, 3.05) is 40.0 Å². The summed E-state index contributed by atoms with van der Waals surface area (Å²) >= 11 is 0. The van der Waals surface area contributed by atoms with Crippen molar-refractivity contribution in [2.24, 2.45) is 0 Å². The van der Waals surface area contributed by atoms with E-state index in [1.54, 1.807) is 7.11 Å². The minimum atomic E-state index is 0.188. The summed E-state index contributed by atoms with van der Waals surface area (Å²) in [6.07, 6.45) is 6.52. The topological polar surface area (TPSA) is 30.9 Å². The first-order valence-electron chi connectivity index (χ1n) is 13.1. The monoisotopic (exact) mass is 471 g/mol. The molecule has 0 amide bonds. The van der Waals surface area contributed by atoms with E-state index in [1.807, 2.05) is 12.1 Å². The van der Waals surface area contributed by atoms with Crippen LogP contribution in [-0.4, -0.2) is 44.9 Å². The Morgan fingerprint density at radius 2 is 1.57 bits per heavy atom. The van der Waals surface area contributed by atoms with E-state index in [-0.39, 0.29) is 11.8 Å². The van der Waals surface area contributed by atoms with Gasteiger partial charge in [0.25, 0.3) is 0 Å². The molecule has 35 heavy (non-hydrogen) atoms. The van der Waals surface area contributed by atoms with E-state index in [0.717, 1.165) is 36.8 Å². The van der Waals surface area contributed by atoms with E-state index in [2.05, 4.69) is 65.6 Å². The summed E-state index contributed by atoms with van der Waals surface area (Å²) < 4.78 is 17.9. The highest BCUT2D eigenvalue weighted by molar-refractivity contribution is 5.51. The quantitative estimate of drug-likeness (QED) is 0.344. The molecule has 2 heterocycles. The van der Waals surface area contributed by atoms with Crippen molar-refractivity contribution in [3.05, 3.63) is 89.5 Å². The van der Waals surface area contributed by atoms with Gasteiger partial charge < -0.3 is 19.1 Å². The molecule has 5 rings (SSSR count). The Hall–Kier alpha value is -2.98. The Morgan fingerprint density at radius 1 is 0.829 bits per heavy atom. The SMILES string of the molecule is COc1ccc2c(c1)C(c1ccc(OCCCN3CCCCCC3)cc1)C(c1ccccc1)CO2. The van der Waals surface area contributed by atoms with E-state index >= 15 is 0 Å². The van der Waals surface area contributed by atoms with Gasteiger partial charge in [-0.3, -0.25) is 0 Å². The molecular weight excluding hydrogens is 434 g/mol. The average Bonchev–Trinajstić information content (AvgIpc) is 3.20. The molecule has 3 aromatic rings. The number of fused-ring (bicyclic) bond motifs is 1. The molecule has 0 saturated carbocycles. The van der Waals surface area contributed by atoms with Gasteiger partial charge in [0.05, 0.1) is 20.3 Å². The Kier molecular flexibility index (Phi) is 7.89. The zero-order valence-corrected chi connectivity index (χ0v) is 20.8. The number of likely N-dealkylation sites (tertiary alicyclic amines) is 1. The van der Waals surface area contributed by atoms with Gasteiger partial charge in [0.2, 0.25) is 0 Å². The molecule has 4 heteroatoms. The van der Waals surface area contributed by atoms with Gasteiger partial charge >= 0.3 is 0 Å². The summed E-state index contributed by atoms with van der Waals surface area (Å²) in [7, 11) is 1.72. The number of methoxy groups -OCH3 is 1. The van der Waals surface area contributed by atoms with Crippen LogP contribution >= 0.6 is 0 Å². The second-order valence-electron chi connectivity index (χ2n) is 9.74. The van der Waals surface area contributed by atoms with Gasteiger partial charge in [-0.1, -0.05) is 55.3 Å². The van der Waals surface area contributed by atoms with Crippen LogP contribution in [-0.2, 0) is 0 Å². The number of hydrogen-bond donors (Lipinski definition) is 0. The van der Waals surface area contributed by atoms with Crippen LogP contribution in [0.4, 0.5) is 0 Å². The summed E-state index contributed by atoms with van der Waals surface area (Å²) in [5, 5.41) is 0. The van der Waals surface area contributed by atoms with Gasteiger partial charge in [-0.15, -0.1) is 0 Å². The van der Waals surface area contributed by atoms with E-state index in [0.29, 0.717) is 6.61 Å². The van der Waals surface area contributed by atoms with E-state index < -0.39 is 0 Å². The zero-order valence-electron chi connectivity index (χ0n) is 20.8. The largest absolute Gasteiger partial charge is 0.497 e. The van der Waals surface area contributed by atoms with Crippen LogP contribution in [0.3, 0.4) is 0 Å². The highest BCUT2D eigenvalue weighted by atomic mass is 16.5. The van der Waals surface area contributed by atoms with E-state index in [9.17, 15) is 0 Å². The molecule has 0 N–H and O–H groups in total. The van der Waals surface area contributed by atoms with Crippen molar-refractivity contribution in [2.45, 2.75) is 43.9 Å². The lowest BCUT2D eigenvalue weighted by Gasteiger charge is -2.34. The third-order valence-corrected chi connectivity index (χ3v) is 7.43. The molecular formula is C31H37NO3. The fourth-order valence-corrected chi connectivity index (χ4v) is 5.53.